The van der Waals surface area contributed by atoms with Crippen LogP contribution in [0.2, 0.25) is 5.02 Å². The maximum absolute atomic E-state index is 12.9. The molecule has 0 aliphatic carbocycles. The number of nitrogens with zero attached hydrogens (tertiary/aromatic N) is 4. The van der Waals surface area contributed by atoms with Crippen LogP contribution in [0.1, 0.15) is 18.3 Å². The predicted molar refractivity (Wildman–Crippen MR) is 155 cm³/mol. The third-order valence-electron chi connectivity index (χ3n) is 5.86. The van der Waals surface area contributed by atoms with Crippen molar-refractivity contribution >= 4 is 51.9 Å². The first kappa shape index (κ1) is 25.5. The van der Waals surface area contributed by atoms with Gasteiger partial charge < -0.3 is 5.32 Å². The summed E-state index contributed by atoms with van der Waals surface area (Å²) >= 11 is 7.32. The Morgan fingerprint density at radius 3 is 2.53 bits per heavy atom. The molecule has 5 rings (SSSR count). The van der Waals surface area contributed by atoms with Crippen LogP contribution >= 0.6 is 23.4 Å². The third kappa shape index (κ3) is 6.04. The van der Waals surface area contributed by atoms with Gasteiger partial charge in [0.2, 0.25) is 0 Å². The van der Waals surface area contributed by atoms with Gasteiger partial charge in [-0.15, -0.1) is 10.2 Å². The molecule has 7 nitrogen and oxygen atoms in total. The van der Waals surface area contributed by atoms with Crippen molar-refractivity contribution in [1.82, 2.24) is 20.2 Å². The number of thioether (sulfide) groups is 1. The van der Waals surface area contributed by atoms with Gasteiger partial charge in [-0.25, -0.2) is 5.43 Å². The molecule has 190 valence electrons. The summed E-state index contributed by atoms with van der Waals surface area (Å²) in [4.78, 5) is 12.9. The van der Waals surface area contributed by atoms with E-state index in [-0.39, 0.29) is 5.91 Å². The highest BCUT2D eigenvalue weighted by atomic mass is 35.5. The Kier molecular flexibility index (Phi) is 8.01. The van der Waals surface area contributed by atoms with Crippen molar-refractivity contribution < 1.29 is 4.79 Å². The second-order valence-electron chi connectivity index (χ2n) is 8.49. The maximum atomic E-state index is 12.9. The SMILES string of the molecule is CC(Sc1nnc(CNc2ccc(Cl)cc2)n1-c1ccccc1)C(=O)N/N=C/c1cccc2ccccc12. The highest BCUT2D eigenvalue weighted by molar-refractivity contribution is 8.00. The van der Waals surface area contributed by atoms with Gasteiger partial charge in [0.15, 0.2) is 11.0 Å². The van der Waals surface area contributed by atoms with Gasteiger partial charge in [0.1, 0.15) is 0 Å². The lowest BCUT2D eigenvalue weighted by Crippen LogP contribution is -2.27. The van der Waals surface area contributed by atoms with E-state index in [9.17, 15) is 4.79 Å². The Morgan fingerprint density at radius 1 is 0.974 bits per heavy atom. The Labute approximate surface area is 229 Å². The number of carbonyl (C=O) groups is 1. The van der Waals surface area contributed by atoms with Crippen LogP contribution in [0.5, 0.6) is 0 Å². The number of rotatable bonds is 9. The third-order valence-corrected chi connectivity index (χ3v) is 7.16. The first-order valence-electron chi connectivity index (χ1n) is 12.0. The average molecular weight is 541 g/mol. The number of hydrogen-bond acceptors (Lipinski definition) is 6. The molecule has 0 saturated heterocycles. The van der Waals surface area contributed by atoms with Gasteiger partial charge in [0.25, 0.3) is 5.91 Å². The zero-order valence-corrected chi connectivity index (χ0v) is 22.2. The van der Waals surface area contributed by atoms with E-state index < -0.39 is 5.25 Å². The smallest absolute Gasteiger partial charge is 0.253 e. The number of hydrogen-bond donors (Lipinski definition) is 2. The highest BCUT2D eigenvalue weighted by Gasteiger charge is 2.21. The highest BCUT2D eigenvalue weighted by Crippen LogP contribution is 2.26. The summed E-state index contributed by atoms with van der Waals surface area (Å²) in [7, 11) is 0. The van der Waals surface area contributed by atoms with Crippen LogP contribution in [0.4, 0.5) is 5.69 Å². The number of anilines is 1. The van der Waals surface area contributed by atoms with Crippen molar-refractivity contribution in [2.24, 2.45) is 5.10 Å². The molecule has 1 atom stereocenters. The molecule has 1 heterocycles. The number of nitrogens with one attached hydrogen (secondary N) is 2. The standard InChI is InChI=1S/C29H25ClN6OS/c1-20(28(37)34-32-18-22-10-7-9-21-8-5-6-13-26(21)22)38-29-35-33-27(36(29)25-11-3-2-4-12-25)19-31-24-16-14-23(30)15-17-24/h2-18,20,31H,19H2,1H3,(H,34,37)/b32-18+. The van der Waals surface area contributed by atoms with Crippen molar-refractivity contribution in [2.45, 2.75) is 23.9 Å². The summed E-state index contributed by atoms with van der Waals surface area (Å²) in [5.41, 5.74) is 5.43. The van der Waals surface area contributed by atoms with Gasteiger partial charge in [-0.3, -0.25) is 9.36 Å². The van der Waals surface area contributed by atoms with E-state index in [1.807, 2.05) is 109 Å². The molecule has 0 fully saturated rings. The van der Waals surface area contributed by atoms with Gasteiger partial charge in [-0.05, 0) is 54.1 Å². The first-order chi connectivity index (χ1) is 18.6. The van der Waals surface area contributed by atoms with E-state index in [0.717, 1.165) is 33.5 Å². The Hall–Kier alpha value is -4.14. The maximum Gasteiger partial charge on any atom is 0.253 e. The number of benzene rings is 4. The van der Waals surface area contributed by atoms with Crippen LogP contribution in [0.15, 0.2) is 107 Å². The minimum atomic E-state index is -0.455. The number of fused-ring (bicyclic) bond motifs is 1. The first-order valence-corrected chi connectivity index (χ1v) is 13.3. The molecule has 0 saturated carbocycles. The molecule has 0 aliphatic rings. The van der Waals surface area contributed by atoms with Crippen LogP contribution in [0.25, 0.3) is 16.5 Å². The van der Waals surface area contributed by atoms with Gasteiger partial charge >= 0.3 is 0 Å². The summed E-state index contributed by atoms with van der Waals surface area (Å²) in [5, 5.41) is 19.4. The zero-order valence-electron chi connectivity index (χ0n) is 20.6. The number of halogens is 1. The fraction of sp³-hybridized carbons (Fsp3) is 0.103. The summed E-state index contributed by atoms with van der Waals surface area (Å²) in [6.07, 6.45) is 1.67. The second kappa shape index (κ2) is 11.9. The fourth-order valence-corrected chi connectivity index (χ4v) is 4.91. The van der Waals surface area contributed by atoms with Crippen molar-refractivity contribution in [3.63, 3.8) is 0 Å². The number of carbonyl (C=O) groups excluding carboxylic acids is 1. The molecule has 0 aliphatic heterocycles. The average Bonchev–Trinajstić information content (AvgIpc) is 3.35. The molecule has 38 heavy (non-hydrogen) atoms. The second-order valence-corrected chi connectivity index (χ2v) is 10.2. The molecule has 0 bridgehead atoms. The molecule has 1 unspecified atom stereocenters. The summed E-state index contributed by atoms with van der Waals surface area (Å²) in [5.74, 6) is 0.491. The minimum Gasteiger partial charge on any atom is -0.378 e. The number of aromatic nitrogens is 3. The number of para-hydroxylation sites is 1. The topological polar surface area (TPSA) is 84.2 Å². The monoisotopic (exact) mass is 540 g/mol. The molecule has 5 aromatic rings. The predicted octanol–water partition coefficient (Wildman–Crippen LogP) is 6.32. The van der Waals surface area contributed by atoms with Crippen molar-refractivity contribution in [3.8, 4) is 5.69 Å². The summed E-state index contributed by atoms with van der Waals surface area (Å²) < 4.78 is 1.96. The van der Waals surface area contributed by atoms with Crippen molar-refractivity contribution in [3.05, 3.63) is 113 Å². The Morgan fingerprint density at radius 2 is 1.71 bits per heavy atom. The van der Waals surface area contributed by atoms with Crippen molar-refractivity contribution in [2.75, 3.05) is 5.32 Å². The van der Waals surface area contributed by atoms with Crippen LogP contribution in [0, 0.1) is 0 Å². The van der Waals surface area contributed by atoms with E-state index in [0.29, 0.717) is 16.7 Å². The summed E-state index contributed by atoms with van der Waals surface area (Å²) in [6.45, 7) is 2.27. The lowest BCUT2D eigenvalue weighted by Gasteiger charge is -2.13. The van der Waals surface area contributed by atoms with Crippen LogP contribution in [0.3, 0.4) is 0 Å². The lowest BCUT2D eigenvalue weighted by molar-refractivity contribution is -0.120. The molecule has 1 aromatic heterocycles. The quantitative estimate of drug-likeness (QED) is 0.130. The van der Waals surface area contributed by atoms with Gasteiger partial charge in [0.05, 0.1) is 18.0 Å². The van der Waals surface area contributed by atoms with E-state index >= 15 is 0 Å². The van der Waals surface area contributed by atoms with Gasteiger partial charge in [-0.2, -0.15) is 5.10 Å². The molecule has 9 heteroatoms. The van der Waals surface area contributed by atoms with E-state index in [4.69, 9.17) is 11.6 Å². The van der Waals surface area contributed by atoms with E-state index in [1.54, 1.807) is 6.21 Å². The van der Waals surface area contributed by atoms with Crippen LogP contribution in [-0.4, -0.2) is 32.1 Å². The van der Waals surface area contributed by atoms with Gasteiger partial charge in [-0.1, -0.05) is 84.0 Å². The molecule has 2 N–H and O–H groups in total. The Balaban J connectivity index is 1.29. The molecule has 0 radical (unpaired) electrons. The molecule has 0 spiro atoms. The van der Waals surface area contributed by atoms with E-state index in [1.165, 1.54) is 11.8 Å². The Bertz CT molecular complexity index is 1560. The molecular formula is C29H25ClN6OS. The fourth-order valence-electron chi connectivity index (χ4n) is 3.91. The van der Waals surface area contributed by atoms with Crippen molar-refractivity contribution in [1.29, 1.82) is 0 Å². The number of amides is 1. The normalized spacial score (nSPS) is 12.1. The van der Waals surface area contributed by atoms with Crippen LogP contribution < -0.4 is 10.7 Å². The molecule has 4 aromatic carbocycles. The molecule has 1 amide bonds. The largest absolute Gasteiger partial charge is 0.378 e. The zero-order chi connectivity index (χ0) is 26.3. The lowest BCUT2D eigenvalue weighted by atomic mass is 10.1. The summed E-state index contributed by atoms with van der Waals surface area (Å²) in [6, 6.07) is 31.4. The van der Waals surface area contributed by atoms with Crippen LogP contribution in [-0.2, 0) is 11.3 Å². The van der Waals surface area contributed by atoms with Gasteiger partial charge in [0, 0.05) is 22.0 Å². The number of hydrazone groups is 1. The van der Waals surface area contributed by atoms with E-state index in [2.05, 4.69) is 26.0 Å². The molecular weight excluding hydrogens is 516 g/mol. The minimum absolute atomic E-state index is 0.227.